The van der Waals surface area contributed by atoms with Gasteiger partial charge in [0.15, 0.2) is 6.04 Å². The van der Waals surface area contributed by atoms with Crippen LogP contribution >= 0.6 is 0 Å². The van der Waals surface area contributed by atoms with E-state index >= 15 is 0 Å². The maximum absolute atomic E-state index is 11.6. The van der Waals surface area contributed by atoms with Crippen LogP contribution < -0.4 is 0 Å². The lowest BCUT2D eigenvalue weighted by Crippen LogP contribution is -2.42. The molecule has 0 aromatic heterocycles. The summed E-state index contributed by atoms with van der Waals surface area (Å²) in [6.45, 7) is 5.00. The molecular weight excluding hydrogens is 218 g/mol. The Hall–Kier alpha value is -1.84. The number of carbonyl (C=O) groups excluding carboxylic acids is 1. The Labute approximate surface area is 101 Å². The molecule has 4 heteroatoms. The lowest BCUT2D eigenvalue weighted by Gasteiger charge is -2.31. The number of carboxylic acids is 1. The van der Waals surface area contributed by atoms with Gasteiger partial charge in [0.05, 0.1) is 0 Å². The Morgan fingerprint density at radius 1 is 1.18 bits per heavy atom. The number of benzene rings is 1. The van der Waals surface area contributed by atoms with Crippen molar-refractivity contribution in [2.75, 3.05) is 0 Å². The van der Waals surface area contributed by atoms with E-state index in [9.17, 15) is 14.7 Å². The molecule has 0 radical (unpaired) electrons. The smallest absolute Gasteiger partial charge is 0.331 e. The number of hydrogen-bond acceptors (Lipinski definition) is 2. The molecule has 0 bridgehead atoms. The molecule has 1 unspecified atom stereocenters. The van der Waals surface area contributed by atoms with Crippen LogP contribution in [-0.4, -0.2) is 27.9 Å². The Kier molecular flexibility index (Phi) is 4.26. The van der Waals surface area contributed by atoms with Gasteiger partial charge in [-0.05, 0) is 19.4 Å². The second-order valence-electron chi connectivity index (χ2n) is 4.17. The van der Waals surface area contributed by atoms with Crippen LogP contribution in [0, 0.1) is 0 Å². The molecule has 0 aliphatic carbocycles. The van der Waals surface area contributed by atoms with Crippen LogP contribution in [0.5, 0.6) is 0 Å². The van der Waals surface area contributed by atoms with Gasteiger partial charge in [-0.25, -0.2) is 4.79 Å². The molecule has 1 aromatic carbocycles. The fourth-order valence-electron chi connectivity index (χ4n) is 1.90. The number of aliphatic carboxylic acids is 1. The van der Waals surface area contributed by atoms with Crippen molar-refractivity contribution < 1.29 is 14.7 Å². The van der Waals surface area contributed by atoms with E-state index in [1.807, 2.05) is 6.07 Å². The molecule has 17 heavy (non-hydrogen) atoms. The summed E-state index contributed by atoms with van der Waals surface area (Å²) in [5, 5.41) is 9.30. The first-order valence-electron chi connectivity index (χ1n) is 5.51. The van der Waals surface area contributed by atoms with E-state index in [2.05, 4.69) is 0 Å². The number of carbonyl (C=O) groups is 2. The highest BCUT2D eigenvalue weighted by atomic mass is 16.4. The number of carboxylic acid groups (broad SMARTS) is 1. The molecule has 0 saturated carbocycles. The van der Waals surface area contributed by atoms with Gasteiger partial charge in [0.25, 0.3) is 0 Å². The monoisotopic (exact) mass is 235 g/mol. The van der Waals surface area contributed by atoms with E-state index in [0.717, 1.165) is 0 Å². The molecule has 0 heterocycles. The fraction of sp³-hybridized carbons (Fsp3) is 0.385. The molecule has 0 aliphatic rings. The maximum Gasteiger partial charge on any atom is 0.331 e. The van der Waals surface area contributed by atoms with Crippen LogP contribution in [0.2, 0.25) is 0 Å². The number of amides is 1. The Bertz CT molecular complexity index is 400. The van der Waals surface area contributed by atoms with Crippen molar-refractivity contribution in [3.63, 3.8) is 0 Å². The topological polar surface area (TPSA) is 57.6 Å². The Balaban J connectivity index is 3.17. The first kappa shape index (κ1) is 13.2. The highest BCUT2D eigenvalue weighted by molar-refractivity contribution is 5.83. The summed E-state index contributed by atoms with van der Waals surface area (Å²) in [4.78, 5) is 24.3. The van der Waals surface area contributed by atoms with E-state index < -0.39 is 12.0 Å². The Morgan fingerprint density at radius 2 is 1.71 bits per heavy atom. The van der Waals surface area contributed by atoms with Gasteiger partial charge in [-0.15, -0.1) is 0 Å². The van der Waals surface area contributed by atoms with Gasteiger partial charge in [-0.2, -0.15) is 0 Å². The molecule has 1 rings (SSSR count). The van der Waals surface area contributed by atoms with E-state index in [-0.39, 0.29) is 11.9 Å². The van der Waals surface area contributed by atoms with Gasteiger partial charge < -0.3 is 10.0 Å². The lowest BCUT2D eigenvalue weighted by molar-refractivity contribution is -0.151. The van der Waals surface area contributed by atoms with E-state index in [1.54, 1.807) is 38.1 Å². The quantitative estimate of drug-likeness (QED) is 0.869. The van der Waals surface area contributed by atoms with Gasteiger partial charge in [0.1, 0.15) is 0 Å². The van der Waals surface area contributed by atoms with Crippen molar-refractivity contribution in [3.8, 4) is 0 Å². The molecule has 1 N–H and O–H groups in total. The zero-order chi connectivity index (χ0) is 13.0. The van der Waals surface area contributed by atoms with Crippen LogP contribution in [0.4, 0.5) is 0 Å². The molecule has 0 spiro atoms. The van der Waals surface area contributed by atoms with Crippen molar-refractivity contribution in [3.05, 3.63) is 35.9 Å². The molecule has 0 aliphatic heterocycles. The zero-order valence-electron chi connectivity index (χ0n) is 10.3. The van der Waals surface area contributed by atoms with Crippen molar-refractivity contribution in [1.29, 1.82) is 0 Å². The largest absolute Gasteiger partial charge is 0.479 e. The minimum atomic E-state index is -1.01. The lowest BCUT2D eigenvalue weighted by atomic mass is 10.0. The molecule has 1 amide bonds. The minimum Gasteiger partial charge on any atom is -0.479 e. The summed E-state index contributed by atoms with van der Waals surface area (Å²) in [5.41, 5.74) is 0.615. The highest BCUT2D eigenvalue weighted by Gasteiger charge is 2.30. The molecule has 92 valence electrons. The first-order chi connectivity index (χ1) is 7.95. The van der Waals surface area contributed by atoms with Gasteiger partial charge >= 0.3 is 5.97 Å². The third-order valence-electron chi connectivity index (χ3n) is 2.55. The number of nitrogens with zero attached hydrogens (tertiary/aromatic N) is 1. The maximum atomic E-state index is 11.6. The summed E-state index contributed by atoms with van der Waals surface area (Å²) in [6, 6.07) is 7.71. The second kappa shape index (κ2) is 5.48. The summed E-state index contributed by atoms with van der Waals surface area (Å²) in [7, 11) is 0. The zero-order valence-corrected chi connectivity index (χ0v) is 10.3. The second-order valence-corrected chi connectivity index (χ2v) is 4.17. The molecule has 0 saturated heterocycles. The van der Waals surface area contributed by atoms with Crippen LogP contribution in [0.15, 0.2) is 30.3 Å². The highest BCUT2D eigenvalue weighted by Crippen LogP contribution is 2.23. The predicted molar refractivity (Wildman–Crippen MR) is 64.5 cm³/mol. The fourth-order valence-corrected chi connectivity index (χ4v) is 1.90. The number of hydrogen-bond donors (Lipinski definition) is 1. The molecule has 4 nitrogen and oxygen atoms in total. The van der Waals surface area contributed by atoms with E-state index in [0.29, 0.717) is 5.56 Å². The van der Waals surface area contributed by atoms with Crippen LogP contribution in [0.1, 0.15) is 32.4 Å². The van der Waals surface area contributed by atoms with Crippen molar-refractivity contribution in [1.82, 2.24) is 4.90 Å². The summed E-state index contributed by atoms with van der Waals surface area (Å²) >= 11 is 0. The van der Waals surface area contributed by atoms with Crippen LogP contribution in [-0.2, 0) is 9.59 Å². The van der Waals surface area contributed by atoms with Gasteiger partial charge in [-0.1, -0.05) is 30.3 Å². The van der Waals surface area contributed by atoms with Crippen molar-refractivity contribution in [2.24, 2.45) is 0 Å². The molecule has 0 fully saturated rings. The third-order valence-corrected chi connectivity index (χ3v) is 2.55. The van der Waals surface area contributed by atoms with Crippen LogP contribution in [0.3, 0.4) is 0 Å². The summed E-state index contributed by atoms with van der Waals surface area (Å²) < 4.78 is 0. The molecular formula is C13H17NO3. The normalized spacial score (nSPS) is 12.2. The standard InChI is InChI=1S/C13H17NO3/c1-9(2)14(10(3)15)12(13(16)17)11-7-5-4-6-8-11/h4-9,12H,1-3H3,(H,16,17). The van der Waals surface area contributed by atoms with Crippen LogP contribution in [0.25, 0.3) is 0 Å². The number of rotatable bonds is 4. The van der Waals surface area contributed by atoms with Crippen molar-refractivity contribution >= 4 is 11.9 Å². The van der Waals surface area contributed by atoms with Gasteiger partial charge in [-0.3, -0.25) is 4.79 Å². The van der Waals surface area contributed by atoms with Crippen molar-refractivity contribution in [2.45, 2.75) is 32.9 Å². The Morgan fingerprint density at radius 3 is 2.06 bits per heavy atom. The molecule has 1 aromatic rings. The third kappa shape index (κ3) is 3.06. The van der Waals surface area contributed by atoms with E-state index in [4.69, 9.17) is 0 Å². The first-order valence-corrected chi connectivity index (χ1v) is 5.51. The van der Waals surface area contributed by atoms with Gasteiger partial charge in [0.2, 0.25) is 5.91 Å². The van der Waals surface area contributed by atoms with E-state index in [1.165, 1.54) is 11.8 Å². The molecule has 1 atom stereocenters. The summed E-state index contributed by atoms with van der Waals surface area (Å²) in [5.74, 6) is -1.25. The summed E-state index contributed by atoms with van der Waals surface area (Å²) in [6.07, 6.45) is 0. The predicted octanol–water partition coefficient (Wildman–Crippen LogP) is 2.07. The SMILES string of the molecule is CC(=O)N(C(C)C)C(C(=O)O)c1ccccc1. The minimum absolute atomic E-state index is 0.159. The average Bonchev–Trinajstić information content (AvgIpc) is 2.25. The van der Waals surface area contributed by atoms with Gasteiger partial charge in [0, 0.05) is 13.0 Å². The average molecular weight is 235 g/mol.